The van der Waals surface area contributed by atoms with E-state index in [2.05, 4.69) is 47.6 Å². The fraction of sp³-hybridized carbons (Fsp3) is 0.846. The minimum absolute atomic E-state index is 0.0501. The Morgan fingerprint density at radius 2 is 1.81 bits per heavy atom. The van der Waals surface area contributed by atoms with Crippen molar-refractivity contribution in [1.82, 2.24) is 0 Å². The predicted octanol–water partition coefficient (Wildman–Crippen LogP) is 7.06. The van der Waals surface area contributed by atoms with E-state index < -0.39 is 0 Å². The van der Waals surface area contributed by atoms with Crippen molar-refractivity contribution in [2.45, 2.75) is 105 Å². The molecule has 0 aliphatic heterocycles. The van der Waals surface area contributed by atoms with Gasteiger partial charge in [-0.3, -0.25) is 0 Å². The number of rotatable bonds is 3. The topological polar surface area (TPSA) is 20.2 Å². The third-order valence-corrected chi connectivity index (χ3v) is 9.86. The van der Waals surface area contributed by atoms with Gasteiger partial charge in [0.25, 0.3) is 0 Å². The zero-order valence-electron chi connectivity index (χ0n) is 18.7. The normalized spacial score (nSPS) is 44.3. The first-order valence-electron chi connectivity index (χ1n) is 11.8. The molecule has 4 rings (SSSR count). The lowest BCUT2D eigenvalue weighted by Gasteiger charge is -2.59. The van der Waals surface area contributed by atoms with E-state index in [1.165, 1.54) is 51.4 Å². The van der Waals surface area contributed by atoms with E-state index in [0.29, 0.717) is 16.7 Å². The first-order valence-corrected chi connectivity index (χ1v) is 11.8. The Morgan fingerprint density at radius 1 is 1.07 bits per heavy atom. The standard InChI is InChI=1S/C26H42O/c1-7-8-17(2)19-10-11-20-18-9-12-22-24(3,4)23(27)14-16-26(22,6)21(18)13-15-25(19,20)5/h11,17,19,22-23,27H,7-10,12-16H2,1-6H3/t17?,19-,22?,23+,25-,26-/m1/s1. The monoisotopic (exact) mass is 370 g/mol. The molecule has 0 aromatic carbocycles. The van der Waals surface area contributed by atoms with E-state index in [4.69, 9.17) is 0 Å². The fourth-order valence-corrected chi connectivity index (χ4v) is 8.23. The van der Waals surface area contributed by atoms with Crippen LogP contribution >= 0.6 is 0 Å². The molecule has 1 saturated carbocycles. The smallest absolute Gasteiger partial charge is 0.0594 e. The van der Waals surface area contributed by atoms with Gasteiger partial charge in [-0.1, -0.05) is 66.0 Å². The van der Waals surface area contributed by atoms with E-state index in [1.54, 1.807) is 16.7 Å². The highest BCUT2D eigenvalue weighted by molar-refractivity contribution is 5.49. The average molecular weight is 371 g/mol. The maximum absolute atomic E-state index is 10.7. The number of aliphatic hydroxyl groups is 1. The van der Waals surface area contributed by atoms with Gasteiger partial charge in [0.1, 0.15) is 0 Å². The summed E-state index contributed by atoms with van der Waals surface area (Å²) in [5, 5.41) is 10.7. The van der Waals surface area contributed by atoms with Gasteiger partial charge in [0.05, 0.1) is 6.10 Å². The van der Waals surface area contributed by atoms with Crippen molar-refractivity contribution in [3.63, 3.8) is 0 Å². The Kier molecular flexibility index (Phi) is 4.74. The minimum atomic E-state index is -0.128. The van der Waals surface area contributed by atoms with Gasteiger partial charge in [-0.15, -0.1) is 0 Å². The third-order valence-electron chi connectivity index (χ3n) is 9.86. The molecule has 1 N–H and O–H groups in total. The molecule has 0 amide bonds. The van der Waals surface area contributed by atoms with Crippen LogP contribution in [0.2, 0.25) is 0 Å². The molecule has 1 nitrogen and oxygen atoms in total. The summed E-state index contributed by atoms with van der Waals surface area (Å²) >= 11 is 0. The van der Waals surface area contributed by atoms with Gasteiger partial charge < -0.3 is 5.11 Å². The molecule has 0 heterocycles. The Bertz CT molecular complexity index is 668. The van der Waals surface area contributed by atoms with E-state index in [-0.39, 0.29) is 11.5 Å². The first kappa shape index (κ1) is 19.7. The summed E-state index contributed by atoms with van der Waals surface area (Å²) in [6.45, 7) is 14.6. The van der Waals surface area contributed by atoms with Gasteiger partial charge in [0, 0.05) is 0 Å². The summed E-state index contributed by atoms with van der Waals surface area (Å²) in [5.41, 5.74) is 6.09. The molecule has 2 unspecified atom stereocenters. The lowest BCUT2D eigenvalue weighted by molar-refractivity contribution is -0.0905. The van der Waals surface area contributed by atoms with Crippen LogP contribution in [0.3, 0.4) is 0 Å². The quantitative estimate of drug-likeness (QED) is 0.563. The third kappa shape index (κ3) is 2.66. The molecule has 0 spiro atoms. The summed E-state index contributed by atoms with van der Waals surface area (Å²) in [5.74, 6) is 2.32. The van der Waals surface area contributed by atoms with Crippen LogP contribution in [0.1, 0.15) is 99.3 Å². The van der Waals surface area contributed by atoms with Gasteiger partial charge in [-0.05, 0) is 90.1 Å². The summed E-state index contributed by atoms with van der Waals surface area (Å²) < 4.78 is 0. The Morgan fingerprint density at radius 3 is 2.52 bits per heavy atom. The SMILES string of the molecule is CCCC(C)[C@H]1CC=C2C3=C(CC[C@@]21C)[C@@]1(C)CC[C@H](O)C(C)(C)C1CC3. The molecule has 0 bridgehead atoms. The molecule has 0 aromatic heterocycles. The van der Waals surface area contributed by atoms with Gasteiger partial charge in [-0.25, -0.2) is 0 Å². The van der Waals surface area contributed by atoms with Crippen LogP contribution in [0.4, 0.5) is 0 Å². The molecule has 0 saturated heterocycles. The zero-order valence-corrected chi connectivity index (χ0v) is 18.7. The van der Waals surface area contributed by atoms with Crippen molar-refractivity contribution in [3.8, 4) is 0 Å². The fourth-order valence-electron chi connectivity index (χ4n) is 8.23. The molecular formula is C26H42O. The number of allylic oxidation sites excluding steroid dienone is 4. The van der Waals surface area contributed by atoms with Gasteiger partial charge in [0.15, 0.2) is 0 Å². The Balaban J connectivity index is 1.70. The summed E-state index contributed by atoms with van der Waals surface area (Å²) in [6.07, 6.45) is 13.8. The summed E-state index contributed by atoms with van der Waals surface area (Å²) in [4.78, 5) is 0. The molecule has 4 aliphatic rings. The van der Waals surface area contributed by atoms with Crippen LogP contribution in [0, 0.1) is 34.0 Å². The first-order chi connectivity index (χ1) is 12.7. The second-order valence-corrected chi connectivity index (χ2v) is 11.5. The Hall–Kier alpha value is -0.560. The largest absolute Gasteiger partial charge is 0.393 e. The van der Waals surface area contributed by atoms with Gasteiger partial charge in [0.2, 0.25) is 0 Å². The van der Waals surface area contributed by atoms with Crippen LogP contribution in [0.5, 0.6) is 0 Å². The van der Waals surface area contributed by atoms with Crippen LogP contribution in [0.15, 0.2) is 22.8 Å². The molecule has 152 valence electrons. The van der Waals surface area contributed by atoms with E-state index in [0.717, 1.165) is 18.3 Å². The van der Waals surface area contributed by atoms with Crippen LogP contribution in [0.25, 0.3) is 0 Å². The van der Waals surface area contributed by atoms with Crippen molar-refractivity contribution in [2.24, 2.45) is 34.0 Å². The Labute approximate surface area is 167 Å². The highest BCUT2D eigenvalue weighted by atomic mass is 16.3. The second kappa shape index (κ2) is 6.48. The lowest BCUT2D eigenvalue weighted by Crippen LogP contribution is -2.53. The lowest BCUT2D eigenvalue weighted by atomic mass is 9.46. The molecule has 27 heavy (non-hydrogen) atoms. The van der Waals surface area contributed by atoms with Gasteiger partial charge in [-0.2, -0.15) is 0 Å². The minimum Gasteiger partial charge on any atom is -0.393 e. The van der Waals surface area contributed by atoms with Gasteiger partial charge >= 0.3 is 0 Å². The van der Waals surface area contributed by atoms with Crippen molar-refractivity contribution in [1.29, 1.82) is 0 Å². The number of fused-ring (bicyclic) bond motifs is 4. The van der Waals surface area contributed by atoms with Crippen molar-refractivity contribution >= 4 is 0 Å². The molecule has 1 heteroatoms. The highest BCUT2D eigenvalue weighted by Gasteiger charge is 2.57. The molecule has 0 radical (unpaired) electrons. The van der Waals surface area contributed by atoms with Crippen LogP contribution < -0.4 is 0 Å². The summed E-state index contributed by atoms with van der Waals surface area (Å²) in [6, 6.07) is 0. The molecule has 1 fully saturated rings. The van der Waals surface area contributed by atoms with Crippen molar-refractivity contribution in [2.75, 3.05) is 0 Å². The van der Waals surface area contributed by atoms with E-state index >= 15 is 0 Å². The van der Waals surface area contributed by atoms with Crippen molar-refractivity contribution in [3.05, 3.63) is 22.8 Å². The van der Waals surface area contributed by atoms with E-state index in [1.807, 2.05) is 0 Å². The number of aliphatic hydroxyl groups excluding tert-OH is 1. The zero-order chi connectivity index (χ0) is 19.6. The maximum Gasteiger partial charge on any atom is 0.0594 e. The predicted molar refractivity (Wildman–Crippen MR) is 114 cm³/mol. The van der Waals surface area contributed by atoms with Crippen LogP contribution in [-0.4, -0.2) is 11.2 Å². The molecule has 6 atom stereocenters. The maximum atomic E-state index is 10.7. The average Bonchev–Trinajstić information content (AvgIpc) is 2.96. The van der Waals surface area contributed by atoms with Crippen LogP contribution in [-0.2, 0) is 0 Å². The number of hydrogen-bond acceptors (Lipinski definition) is 1. The van der Waals surface area contributed by atoms with Crippen molar-refractivity contribution < 1.29 is 5.11 Å². The molecule has 0 aromatic rings. The molecular weight excluding hydrogens is 328 g/mol. The van der Waals surface area contributed by atoms with E-state index in [9.17, 15) is 5.11 Å². The second-order valence-electron chi connectivity index (χ2n) is 11.5. The highest BCUT2D eigenvalue weighted by Crippen LogP contribution is 2.66. The number of hydrogen-bond donors (Lipinski definition) is 1. The summed E-state index contributed by atoms with van der Waals surface area (Å²) in [7, 11) is 0. The molecule has 4 aliphatic carbocycles.